The number of methoxy groups -OCH3 is 2. The molecule has 2 heterocycles. The number of Topliss-reactive ketones (excluding diaryl/α,β-unsaturated/α-hetero) is 1. The molecule has 38 heavy (non-hydrogen) atoms. The topological polar surface area (TPSA) is 98.2 Å². The van der Waals surface area contributed by atoms with Crippen molar-refractivity contribution in [2.75, 3.05) is 25.7 Å². The Balaban J connectivity index is 1.71. The number of hydrogen-bond acceptors (Lipinski definition) is 8. The minimum absolute atomic E-state index is 0.150. The minimum atomic E-state index is -1.04. The molecule has 1 amide bonds. The zero-order valence-corrected chi connectivity index (χ0v) is 21.5. The Hall–Kier alpha value is -4.44. The fraction of sp³-hybridized carbons (Fsp3) is 0.179. The molecule has 0 spiro atoms. The van der Waals surface area contributed by atoms with E-state index in [9.17, 15) is 19.1 Å². The second kappa shape index (κ2) is 10.1. The number of rotatable bonds is 7. The zero-order valence-electron chi connectivity index (χ0n) is 20.7. The first-order valence-electron chi connectivity index (χ1n) is 11.7. The number of aromatic nitrogens is 1. The highest BCUT2D eigenvalue weighted by Gasteiger charge is 2.48. The molecule has 4 aromatic rings. The summed E-state index contributed by atoms with van der Waals surface area (Å²) in [6.07, 6.45) is 0. The number of aliphatic hydroxyl groups is 1. The van der Waals surface area contributed by atoms with Gasteiger partial charge in [-0.1, -0.05) is 17.4 Å². The van der Waals surface area contributed by atoms with Crippen LogP contribution in [0.1, 0.15) is 24.1 Å². The van der Waals surface area contributed by atoms with Crippen LogP contribution in [0.25, 0.3) is 16.0 Å². The van der Waals surface area contributed by atoms with Crippen LogP contribution in [0.3, 0.4) is 0 Å². The molecule has 8 nitrogen and oxygen atoms in total. The van der Waals surface area contributed by atoms with Gasteiger partial charge in [0, 0.05) is 5.56 Å². The third-order valence-electron chi connectivity index (χ3n) is 6.15. The van der Waals surface area contributed by atoms with Crippen LogP contribution in [0.15, 0.2) is 66.2 Å². The maximum absolute atomic E-state index is 13.6. The summed E-state index contributed by atoms with van der Waals surface area (Å²) in [5, 5.41) is 11.5. The van der Waals surface area contributed by atoms with E-state index >= 15 is 0 Å². The number of carbonyl (C=O) groups is 2. The van der Waals surface area contributed by atoms with Crippen molar-refractivity contribution in [3.05, 3.63) is 83.2 Å². The first kappa shape index (κ1) is 25.2. The SMILES string of the molecule is CCOc1ccc2nc(N3C(=O)C(=O)C(=C(O)c4ccc(F)cc4)C3c3ccc(OC)c(OC)c3)sc2c1. The molecular weight excluding hydrogens is 511 g/mol. The maximum atomic E-state index is 13.6. The van der Waals surface area contributed by atoms with Crippen LogP contribution in [-0.4, -0.2) is 42.6 Å². The molecule has 1 N–H and O–H groups in total. The fourth-order valence-electron chi connectivity index (χ4n) is 4.38. The summed E-state index contributed by atoms with van der Waals surface area (Å²) in [5.41, 5.74) is 1.16. The average Bonchev–Trinajstić information content (AvgIpc) is 3.46. The van der Waals surface area contributed by atoms with E-state index in [2.05, 4.69) is 4.98 Å². The van der Waals surface area contributed by atoms with Gasteiger partial charge < -0.3 is 19.3 Å². The van der Waals surface area contributed by atoms with Crippen LogP contribution in [0.4, 0.5) is 9.52 Å². The van der Waals surface area contributed by atoms with Crippen molar-refractivity contribution in [2.24, 2.45) is 0 Å². The van der Waals surface area contributed by atoms with E-state index < -0.39 is 29.3 Å². The van der Waals surface area contributed by atoms with Crippen molar-refractivity contribution >= 4 is 44.1 Å². The number of anilines is 1. The lowest BCUT2D eigenvalue weighted by Crippen LogP contribution is -2.29. The van der Waals surface area contributed by atoms with Gasteiger partial charge in [-0.25, -0.2) is 9.37 Å². The van der Waals surface area contributed by atoms with Crippen LogP contribution < -0.4 is 19.1 Å². The Morgan fingerprint density at radius 2 is 1.76 bits per heavy atom. The van der Waals surface area contributed by atoms with Gasteiger partial charge in [0.05, 0.1) is 42.7 Å². The van der Waals surface area contributed by atoms with E-state index in [1.807, 2.05) is 13.0 Å². The number of ketones is 1. The number of aliphatic hydroxyl groups excluding tert-OH is 1. The van der Waals surface area contributed by atoms with Crippen molar-refractivity contribution in [3.8, 4) is 17.2 Å². The highest BCUT2D eigenvalue weighted by molar-refractivity contribution is 7.22. The Morgan fingerprint density at radius 3 is 2.45 bits per heavy atom. The monoisotopic (exact) mass is 534 g/mol. The molecule has 1 fully saturated rings. The number of ether oxygens (including phenoxy) is 3. The fourth-order valence-corrected chi connectivity index (χ4v) is 5.40. The second-order valence-corrected chi connectivity index (χ2v) is 9.36. The van der Waals surface area contributed by atoms with E-state index in [0.717, 1.165) is 4.70 Å². The third-order valence-corrected chi connectivity index (χ3v) is 7.17. The zero-order chi connectivity index (χ0) is 27.0. The summed E-state index contributed by atoms with van der Waals surface area (Å²) in [7, 11) is 2.97. The number of benzene rings is 3. The van der Waals surface area contributed by atoms with Crippen molar-refractivity contribution in [1.29, 1.82) is 0 Å². The van der Waals surface area contributed by atoms with Crippen LogP contribution in [-0.2, 0) is 9.59 Å². The number of amides is 1. The van der Waals surface area contributed by atoms with E-state index in [-0.39, 0.29) is 16.3 Å². The molecule has 1 aliphatic rings. The normalized spacial score (nSPS) is 16.7. The Labute approximate surface area is 221 Å². The van der Waals surface area contributed by atoms with Gasteiger partial charge >= 0.3 is 5.91 Å². The predicted molar refractivity (Wildman–Crippen MR) is 142 cm³/mol. The lowest BCUT2D eigenvalue weighted by molar-refractivity contribution is -0.132. The van der Waals surface area contributed by atoms with Gasteiger partial charge in [-0.3, -0.25) is 14.5 Å². The average molecular weight is 535 g/mol. The van der Waals surface area contributed by atoms with Gasteiger partial charge in [-0.05, 0) is 67.1 Å². The van der Waals surface area contributed by atoms with Crippen molar-refractivity contribution < 1.29 is 33.3 Å². The number of carbonyl (C=O) groups excluding carboxylic acids is 2. The standard InChI is InChI=1S/C28H23FN2O6S/c1-4-37-18-10-11-19-22(14-18)38-28(30-19)31-24(16-7-12-20(35-2)21(13-16)36-3)23(26(33)27(31)34)25(32)15-5-8-17(29)9-6-15/h5-14,24,32H,4H2,1-3H3. The molecule has 0 bridgehead atoms. The molecule has 0 saturated carbocycles. The van der Waals surface area contributed by atoms with Gasteiger partial charge in [-0.2, -0.15) is 0 Å². The maximum Gasteiger partial charge on any atom is 0.301 e. The van der Waals surface area contributed by atoms with E-state index in [4.69, 9.17) is 14.2 Å². The van der Waals surface area contributed by atoms with Crippen LogP contribution in [0, 0.1) is 5.82 Å². The Bertz CT molecular complexity index is 1580. The first-order valence-corrected chi connectivity index (χ1v) is 12.5. The first-order chi connectivity index (χ1) is 18.4. The minimum Gasteiger partial charge on any atom is -0.507 e. The van der Waals surface area contributed by atoms with Gasteiger partial charge in [0.1, 0.15) is 17.3 Å². The van der Waals surface area contributed by atoms with Crippen molar-refractivity contribution in [2.45, 2.75) is 13.0 Å². The highest BCUT2D eigenvalue weighted by atomic mass is 32.1. The molecular formula is C28H23FN2O6S. The molecule has 10 heteroatoms. The van der Waals surface area contributed by atoms with Crippen molar-refractivity contribution in [3.63, 3.8) is 0 Å². The number of halogens is 1. The molecule has 1 saturated heterocycles. The summed E-state index contributed by atoms with van der Waals surface area (Å²) in [6.45, 7) is 2.38. The molecule has 194 valence electrons. The highest BCUT2D eigenvalue weighted by Crippen LogP contribution is 2.46. The largest absolute Gasteiger partial charge is 0.507 e. The number of hydrogen-bond donors (Lipinski definition) is 1. The summed E-state index contributed by atoms with van der Waals surface area (Å²) < 4.78 is 30.7. The van der Waals surface area contributed by atoms with E-state index in [1.54, 1.807) is 30.3 Å². The van der Waals surface area contributed by atoms with E-state index in [0.29, 0.717) is 34.9 Å². The summed E-state index contributed by atoms with van der Waals surface area (Å²) in [6, 6.07) is 14.3. The Kier molecular flexibility index (Phi) is 6.73. The summed E-state index contributed by atoms with van der Waals surface area (Å²) in [4.78, 5) is 32.8. The molecule has 1 aliphatic heterocycles. The smallest absolute Gasteiger partial charge is 0.301 e. The van der Waals surface area contributed by atoms with Gasteiger partial charge in [0.15, 0.2) is 16.6 Å². The van der Waals surface area contributed by atoms with Crippen molar-refractivity contribution in [1.82, 2.24) is 4.98 Å². The molecule has 1 aromatic heterocycles. The van der Waals surface area contributed by atoms with Crippen LogP contribution >= 0.6 is 11.3 Å². The molecule has 5 rings (SSSR count). The van der Waals surface area contributed by atoms with Crippen LogP contribution in [0.2, 0.25) is 0 Å². The van der Waals surface area contributed by atoms with E-state index in [1.165, 1.54) is 54.7 Å². The molecule has 0 radical (unpaired) electrons. The van der Waals surface area contributed by atoms with Gasteiger partial charge in [0.2, 0.25) is 0 Å². The van der Waals surface area contributed by atoms with Crippen LogP contribution in [0.5, 0.6) is 17.2 Å². The summed E-state index contributed by atoms with van der Waals surface area (Å²) in [5.74, 6) is -1.17. The Morgan fingerprint density at radius 1 is 1.03 bits per heavy atom. The summed E-state index contributed by atoms with van der Waals surface area (Å²) >= 11 is 1.22. The quantitative estimate of drug-likeness (QED) is 0.191. The molecule has 0 aliphatic carbocycles. The predicted octanol–water partition coefficient (Wildman–Crippen LogP) is 5.48. The third kappa shape index (κ3) is 4.32. The molecule has 3 aromatic carbocycles. The number of thiazole rings is 1. The second-order valence-electron chi connectivity index (χ2n) is 8.35. The molecule has 1 unspecified atom stereocenters. The number of nitrogens with zero attached hydrogens (tertiary/aromatic N) is 2. The van der Waals surface area contributed by atoms with Gasteiger partial charge in [0.25, 0.3) is 5.78 Å². The van der Waals surface area contributed by atoms with Gasteiger partial charge in [-0.15, -0.1) is 0 Å². The molecule has 1 atom stereocenters. The lowest BCUT2D eigenvalue weighted by Gasteiger charge is -2.23. The lowest BCUT2D eigenvalue weighted by atomic mass is 9.95. The number of fused-ring (bicyclic) bond motifs is 1.